The van der Waals surface area contributed by atoms with Crippen LogP contribution in [-0.2, 0) is 14.8 Å². The molecule has 2 fully saturated rings. The van der Waals surface area contributed by atoms with Crippen molar-refractivity contribution in [3.05, 3.63) is 5.69 Å². The van der Waals surface area contributed by atoms with E-state index >= 15 is 0 Å². The maximum absolute atomic E-state index is 12.7. The molecule has 0 unspecified atom stereocenters. The van der Waals surface area contributed by atoms with Crippen LogP contribution in [0.1, 0.15) is 19.0 Å². The number of hydrogen-bond donors (Lipinski definition) is 2. The van der Waals surface area contributed by atoms with Gasteiger partial charge < -0.3 is 10.2 Å². The van der Waals surface area contributed by atoms with Crippen molar-refractivity contribution in [1.82, 2.24) is 19.5 Å². The van der Waals surface area contributed by atoms with E-state index in [1.807, 2.05) is 0 Å². The number of fused-ring (bicyclic) bond motifs is 1. The van der Waals surface area contributed by atoms with E-state index in [9.17, 15) is 13.2 Å². The number of nitrogens with one attached hydrogen (secondary N) is 2. The molecule has 2 aliphatic heterocycles. The smallest absolute Gasteiger partial charge is 0.252 e. The van der Waals surface area contributed by atoms with Crippen molar-refractivity contribution in [2.75, 3.05) is 38.5 Å². The lowest BCUT2D eigenvalue weighted by Crippen LogP contribution is -2.48. The average Bonchev–Trinajstić information content (AvgIpc) is 3.00. The number of rotatable bonds is 4. The first-order valence-electron chi connectivity index (χ1n) is 7.94. The maximum Gasteiger partial charge on any atom is 0.252 e. The molecular weight excluding hydrogens is 350 g/mol. The predicted molar refractivity (Wildman–Crippen MR) is 92.7 cm³/mol. The van der Waals surface area contributed by atoms with Crippen LogP contribution in [0.4, 0.5) is 5.13 Å². The molecule has 1 aromatic rings. The highest BCUT2D eigenvalue weighted by atomic mass is 32.2. The quantitative estimate of drug-likeness (QED) is 0.776. The van der Waals surface area contributed by atoms with Crippen molar-refractivity contribution in [3.8, 4) is 0 Å². The number of sulfonamides is 1. The Labute approximate surface area is 146 Å². The molecule has 3 heterocycles. The second kappa shape index (κ2) is 6.68. The number of anilines is 1. The summed E-state index contributed by atoms with van der Waals surface area (Å²) in [6.07, 6.45) is 0.819. The Morgan fingerprint density at radius 2 is 2.08 bits per heavy atom. The summed E-state index contributed by atoms with van der Waals surface area (Å²) in [5.41, 5.74) is 0.409. The highest BCUT2D eigenvalue weighted by Crippen LogP contribution is 2.29. The lowest BCUT2D eigenvalue weighted by atomic mass is 10.1. The fourth-order valence-electron chi connectivity index (χ4n) is 3.39. The second-order valence-electron chi connectivity index (χ2n) is 6.54. The summed E-state index contributed by atoms with van der Waals surface area (Å²) in [5, 5.41) is 2.85. The molecule has 3 rings (SSSR count). The first kappa shape index (κ1) is 17.7. The van der Waals surface area contributed by atoms with E-state index in [1.54, 1.807) is 6.92 Å². The van der Waals surface area contributed by atoms with E-state index in [2.05, 4.69) is 31.9 Å². The van der Waals surface area contributed by atoms with E-state index < -0.39 is 10.0 Å². The van der Waals surface area contributed by atoms with Gasteiger partial charge in [-0.2, -0.15) is 0 Å². The molecule has 2 atom stereocenters. The number of nitrogens with zero attached hydrogens (tertiary/aromatic N) is 3. The molecule has 10 heteroatoms. The Morgan fingerprint density at radius 1 is 1.33 bits per heavy atom. The number of amides is 1. The minimum absolute atomic E-state index is 0.0859. The van der Waals surface area contributed by atoms with Crippen molar-refractivity contribution >= 4 is 32.4 Å². The highest BCUT2D eigenvalue weighted by molar-refractivity contribution is 7.91. The van der Waals surface area contributed by atoms with Crippen LogP contribution < -0.4 is 10.0 Å². The van der Waals surface area contributed by atoms with Crippen LogP contribution >= 0.6 is 11.3 Å². The van der Waals surface area contributed by atoms with Gasteiger partial charge in [0.2, 0.25) is 5.91 Å². The van der Waals surface area contributed by atoms with E-state index in [1.165, 1.54) is 6.92 Å². The van der Waals surface area contributed by atoms with Crippen LogP contribution in [0.5, 0.6) is 0 Å². The molecule has 0 bridgehead atoms. The average molecular weight is 374 g/mol. The van der Waals surface area contributed by atoms with Gasteiger partial charge in [0.15, 0.2) is 9.34 Å². The Balaban J connectivity index is 1.70. The van der Waals surface area contributed by atoms with Crippen molar-refractivity contribution in [3.63, 3.8) is 0 Å². The van der Waals surface area contributed by atoms with Crippen LogP contribution in [0.15, 0.2) is 4.21 Å². The molecule has 2 saturated heterocycles. The molecule has 0 saturated carbocycles. The Morgan fingerprint density at radius 3 is 2.79 bits per heavy atom. The molecule has 8 nitrogen and oxygen atoms in total. The maximum atomic E-state index is 12.7. The van der Waals surface area contributed by atoms with Gasteiger partial charge in [0.1, 0.15) is 0 Å². The standard InChI is InChI=1S/C14H23N5O3S2/c1-9-13(23-14(15-9)16-10(2)20)24(21,22)17-11-6-12-8-18(3)4-5-19(12)7-11/h11-12,17H,4-8H2,1-3H3,(H,15,16,20)/t11-,12-/m0/s1. The summed E-state index contributed by atoms with van der Waals surface area (Å²) in [7, 11) is -1.53. The fourth-order valence-corrected chi connectivity index (χ4v) is 6.11. The topological polar surface area (TPSA) is 94.6 Å². The largest absolute Gasteiger partial charge is 0.304 e. The molecule has 0 aliphatic carbocycles. The Bertz CT molecular complexity index is 733. The molecule has 0 spiro atoms. The zero-order valence-corrected chi connectivity index (χ0v) is 15.7. The van der Waals surface area contributed by atoms with Gasteiger partial charge in [0.05, 0.1) is 5.69 Å². The summed E-state index contributed by atoms with van der Waals surface area (Å²) < 4.78 is 28.4. The molecule has 0 aromatic carbocycles. The van der Waals surface area contributed by atoms with Crippen molar-refractivity contribution in [1.29, 1.82) is 0 Å². The minimum atomic E-state index is -3.63. The number of aryl methyl sites for hydroxylation is 1. The van der Waals surface area contributed by atoms with Crippen LogP contribution in [0, 0.1) is 6.92 Å². The molecular formula is C14H23N5O3S2. The third-order valence-corrected chi connectivity index (χ3v) is 7.63. The van der Waals surface area contributed by atoms with Crippen molar-refractivity contribution in [2.24, 2.45) is 0 Å². The zero-order chi connectivity index (χ0) is 17.5. The molecule has 134 valence electrons. The van der Waals surface area contributed by atoms with Gasteiger partial charge in [-0.3, -0.25) is 9.69 Å². The van der Waals surface area contributed by atoms with Gasteiger partial charge in [-0.1, -0.05) is 11.3 Å². The Hall–Kier alpha value is -1.07. The zero-order valence-electron chi connectivity index (χ0n) is 14.1. The predicted octanol–water partition coefficient (Wildman–Crippen LogP) is 0.0765. The number of piperazine rings is 1. The summed E-state index contributed by atoms with van der Waals surface area (Å²) in [6.45, 7) is 6.73. The van der Waals surface area contributed by atoms with Gasteiger partial charge >= 0.3 is 0 Å². The number of carbonyl (C=O) groups excluding carboxylic acids is 1. The first-order valence-corrected chi connectivity index (χ1v) is 10.2. The second-order valence-corrected chi connectivity index (χ2v) is 9.45. The van der Waals surface area contributed by atoms with Gasteiger partial charge in [-0.05, 0) is 20.4 Å². The number of hydrogen-bond acceptors (Lipinski definition) is 7. The van der Waals surface area contributed by atoms with Crippen LogP contribution in [0.2, 0.25) is 0 Å². The summed E-state index contributed by atoms with van der Waals surface area (Å²) in [5.74, 6) is -0.266. The van der Waals surface area contributed by atoms with Crippen LogP contribution in [0.3, 0.4) is 0 Å². The van der Waals surface area contributed by atoms with Gasteiger partial charge in [0.25, 0.3) is 10.0 Å². The normalized spacial score (nSPS) is 25.6. The SMILES string of the molecule is CC(=O)Nc1nc(C)c(S(=O)(=O)N[C@H]2C[C@H]3CN(C)CCN3C2)s1. The van der Waals surface area contributed by atoms with Crippen LogP contribution in [0.25, 0.3) is 0 Å². The number of likely N-dealkylation sites (N-methyl/N-ethyl adjacent to an activating group) is 1. The minimum Gasteiger partial charge on any atom is -0.304 e. The van der Waals surface area contributed by atoms with Gasteiger partial charge in [0, 0.05) is 45.2 Å². The lowest BCUT2D eigenvalue weighted by molar-refractivity contribution is -0.114. The third kappa shape index (κ3) is 3.77. The molecule has 2 N–H and O–H groups in total. The summed E-state index contributed by atoms with van der Waals surface area (Å²) in [4.78, 5) is 19.9. The Kier molecular flexibility index (Phi) is 4.94. The van der Waals surface area contributed by atoms with E-state index in [4.69, 9.17) is 0 Å². The highest BCUT2D eigenvalue weighted by Gasteiger charge is 2.37. The number of carbonyl (C=O) groups is 1. The molecule has 24 heavy (non-hydrogen) atoms. The van der Waals surface area contributed by atoms with E-state index in [0.29, 0.717) is 16.9 Å². The van der Waals surface area contributed by atoms with Crippen molar-refractivity contribution in [2.45, 2.75) is 36.6 Å². The van der Waals surface area contributed by atoms with E-state index in [0.717, 1.165) is 43.9 Å². The molecule has 2 aliphatic rings. The molecule has 0 radical (unpaired) electrons. The lowest BCUT2D eigenvalue weighted by Gasteiger charge is -2.35. The first-order chi connectivity index (χ1) is 11.2. The number of aromatic nitrogens is 1. The third-order valence-electron chi connectivity index (χ3n) is 4.42. The summed E-state index contributed by atoms with van der Waals surface area (Å²) in [6, 6.07) is 0.325. The molecule has 1 aromatic heterocycles. The summed E-state index contributed by atoms with van der Waals surface area (Å²) >= 11 is 0.989. The monoisotopic (exact) mass is 373 g/mol. The van der Waals surface area contributed by atoms with E-state index in [-0.39, 0.29) is 16.2 Å². The number of thiazole rings is 1. The van der Waals surface area contributed by atoms with Gasteiger partial charge in [-0.25, -0.2) is 18.1 Å². The van der Waals surface area contributed by atoms with Crippen LogP contribution in [-0.4, -0.2) is 74.4 Å². The van der Waals surface area contributed by atoms with Gasteiger partial charge in [-0.15, -0.1) is 0 Å². The fraction of sp³-hybridized carbons (Fsp3) is 0.714. The molecule has 1 amide bonds. The van der Waals surface area contributed by atoms with Crippen molar-refractivity contribution < 1.29 is 13.2 Å².